The van der Waals surface area contributed by atoms with Gasteiger partial charge in [-0.1, -0.05) is 54.6 Å². The van der Waals surface area contributed by atoms with Crippen molar-refractivity contribution in [3.05, 3.63) is 101 Å². The Bertz CT molecular complexity index is 1470. The number of hydrogen-bond acceptors (Lipinski definition) is 4. The van der Waals surface area contributed by atoms with Crippen LogP contribution in [0.5, 0.6) is 0 Å². The van der Waals surface area contributed by atoms with E-state index < -0.39 is 0 Å². The number of fused-ring (bicyclic) bond motifs is 1. The van der Waals surface area contributed by atoms with E-state index >= 15 is 0 Å². The average molecular weight is 529 g/mol. The van der Waals surface area contributed by atoms with Gasteiger partial charge in [-0.3, -0.25) is 14.5 Å². The number of nitrogens with zero attached hydrogens (tertiary/aromatic N) is 3. The fraction of sp³-hybridized carbons (Fsp3) is 0.233. The van der Waals surface area contributed by atoms with Crippen LogP contribution in [0.4, 0.5) is 10.2 Å². The molecule has 4 aromatic rings. The number of amides is 2. The molecule has 1 N–H and O–H groups in total. The molecule has 2 heterocycles. The van der Waals surface area contributed by atoms with Crippen molar-refractivity contribution < 1.29 is 14.0 Å². The van der Waals surface area contributed by atoms with Crippen LogP contribution in [-0.2, 0) is 9.59 Å². The van der Waals surface area contributed by atoms with Crippen molar-refractivity contribution >= 4 is 29.4 Å². The Morgan fingerprint density at radius 2 is 1.74 bits per heavy atom. The summed E-state index contributed by atoms with van der Waals surface area (Å²) < 4.78 is 15.6. The van der Waals surface area contributed by atoms with E-state index in [2.05, 4.69) is 24.4 Å². The Kier molecular flexibility index (Phi) is 7.33. The van der Waals surface area contributed by atoms with Crippen molar-refractivity contribution in [3.8, 4) is 16.9 Å². The number of aromatic nitrogens is 2. The highest BCUT2D eigenvalue weighted by Crippen LogP contribution is 2.49. The van der Waals surface area contributed by atoms with Crippen LogP contribution in [0.3, 0.4) is 0 Å². The summed E-state index contributed by atoms with van der Waals surface area (Å²) in [5, 5.41) is 7.71. The molecule has 1 atom stereocenters. The molecule has 8 heteroatoms. The molecule has 1 aliphatic rings. The number of carbonyl (C=O) groups is 2. The van der Waals surface area contributed by atoms with E-state index in [0.29, 0.717) is 11.5 Å². The second kappa shape index (κ2) is 10.8. The lowest BCUT2D eigenvalue weighted by Gasteiger charge is -2.24. The fourth-order valence-corrected chi connectivity index (χ4v) is 6.02. The molecule has 6 nitrogen and oxygen atoms in total. The van der Waals surface area contributed by atoms with Crippen molar-refractivity contribution in [2.45, 2.75) is 32.1 Å². The maximum Gasteiger partial charge on any atom is 0.240 e. The van der Waals surface area contributed by atoms with Gasteiger partial charge in [0.1, 0.15) is 18.2 Å². The third-order valence-corrected chi connectivity index (χ3v) is 7.67. The highest BCUT2D eigenvalue weighted by Gasteiger charge is 2.38. The largest absolute Gasteiger partial charge is 0.352 e. The van der Waals surface area contributed by atoms with Crippen LogP contribution in [0.1, 0.15) is 35.8 Å². The highest BCUT2D eigenvalue weighted by atomic mass is 32.2. The quantitative estimate of drug-likeness (QED) is 0.350. The van der Waals surface area contributed by atoms with Gasteiger partial charge in [0.2, 0.25) is 11.8 Å². The molecule has 0 radical (unpaired) electrons. The summed E-state index contributed by atoms with van der Waals surface area (Å²) in [5.41, 5.74) is 5.24. The number of anilines is 1. The highest BCUT2D eigenvalue weighted by molar-refractivity contribution is 8.00. The second-order valence-electron chi connectivity index (χ2n) is 9.59. The number of carbonyl (C=O) groups excluding carboxylic acids is 2. The number of halogens is 1. The molecular weight excluding hydrogens is 499 g/mol. The molecule has 38 heavy (non-hydrogen) atoms. The molecule has 2 amide bonds. The molecule has 0 saturated carbocycles. The predicted octanol–water partition coefficient (Wildman–Crippen LogP) is 5.68. The number of thioether (sulfide) groups is 1. The van der Waals surface area contributed by atoms with Crippen LogP contribution in [0, 0.1) is 12.7 Å². The average Bonchev–Trinajstić information content (AvgIpc) is 3.22. The molecule has 194 valence electrons. The van der Waals surface area contributed by atoms with Crippen molar-refractivity contribution in [1.29, 1.82) is 0 Å². The van der Waals surface area contributed by atoms with E-state index in [9.17, 15) is 14.0 Å². The normalized spacial score (nSPS) is 15.3. The standard InChI is InChI=1S/C30H29FN4O2S/c1-19(2)32-25(36)17-34-26(37)18-38-29(24-12-8-7-9-20(24)3)27-28(21-10-5-4-6-11-21)33-35(30(27)34)23-15-13-22(31)14-16-23/h4-16,19,29H,17-18H2,1-3H3,(H,32,36)/t29-/m0/s1. The molecule has 5 rings (SSSR count). The predicted molar refractivity (Wildman–Crippen MR) is 150 cm³/mol. The van der Waals surface area contributed by atoms with E-state index in [1.807, 2.05) is 56.3 Å². The van der Waals surface area contributed by atoms with Gasteiger partial charge < -0.3 is 5.32 Å². The Balaban J connectivity index is 1.81. The van der Waals surface area contributed by atoms with Gasteiger partial charge in [-0.15, -0.1) is 11.8 Å². The lowest BCUT2D eigenvalue weighted by Crippen LogP contribution is -2.44. The van der Waals surface area contributed by atoms with Gasteiger partial charge in [0.25, 0.3) is 0 Å². The van der Waals surface area contributed by atoms with Gasteiger partial charge in [-0.05, 0) is 56.2 Å². The number of benzene rings is 3. The van der Waals surface area contributed by atoms with E-state index in [4.69, 9.17) is 5.10 Å². The zero-order valence-electron chi connectivity index (χ0n) is 21.5. The fourth-order valence-electron chi connectivity index (χ4n) is 4.73. The maximum atomic E-state index is 13.9. The SMILES string of the molecule is Cc1ccccc1[C@@H]1SCC(=O)N(CC(=O)NC(C)C)c2c1c(-c1ccccc1)nn2-c1ccc(F)cc1. The first kappa shape index (κ1) is 25.7. The topological polar surface area (TPSA) is 67.2 Å². The first-order valence-electron chi connectivity index (χ1n) is 12.5. The van der Waals surface area contributed by atoms with Gasteiger partial charge in [-0.2, -0.15) is 5.10 Å². The smallest absolute Gasteiger partial charge is 0.240 e. The maximum absolute atomic E-state index is 13.9. The minimum absolute atomic E-state index is 0.0694. The minimum atomic E-state index is -0.368. The van der Waals surface area contributed by atoms with E-state index in [0.717, 1.165) is 27.9 Å². The van der Waals surface area contributed by atoms with Crippen molar-refractivity contribution in [2.75, 3.05) is 17.2 Å². The van der Waals surface area contributed by atoms with Crippen LogP contribution in [0.15, 0.2) is 78.9 Å². The molecule has 0 aliphatic carbocycles. The Morgan fingerprint density at radius 1 is 1.05 bits per heavy atom. The second-order valence-corrected chi connectivity index (χ2v) is 10.7. The summed E-state index contributed by atoms with van der Waals surface area (Å²) in [5.74, 6) is -0.0911. The number of rotatable bonds is 6. The van der Waals surface area contributed by atoms with Crippen LogP contribution in [0.25, 0.3) is 16.9 Å². The molecule has 1 aromatic heterocycles. The van der Waals surface area contributed by atoms with Crippen LogP contribution < -0.4 is 10.2 Å². The number of aryl methyl sites for hydroxylation is 1. The van der Waals surface area contributed by atoms with Gasteiger partial charge in [0, 0.05) is 17.2 Å². The van der Waals surface area contributed by atoms with Crippen molar-refractivity contribution in [3.63, 3.8) is 0 Å². The molecule has 0 unspecified atom stereocenters. The van der Waals surface area contributed by atoms with Crippen molar-refractivity contribution in [2.24, 2.45) is 0 Å². The van der Waals surface area contributed by atoms with E-state index in [1.54, 1.807) is 16.8 Å². The summed E-state index contributed by atoms with van der Waals surface area (Å²) in [6.07, 6.45) is 0. The van der Waals surface area contributed by atoms with E-state index in [-0.39, 0.29) is 41.2 Å². The molecular formula is C30H29FN4O2S. The zero-order valence-corrected chi connectivity index (χ0v) is 22.3. The summed E-state index contributed by atoms with van der Waals surface area (Å²) in [6, 6.07) is 23.9. The molecule has 1 aliphatic heterocycles. The molecule has 0 saturated heterocycles. The Hall–Kier alpha value is -3.91. The first-order valence-corrected chi connectivity index (χ1v) is 13.6. The van der Waals surface area contributed by atoms with Crippen molar-refractivity contribution in [1.82, 2.24) is 15.1 Å². The monoisotopic (exact) mass is 528 g/mol. The van der Waals surface area contributed by atoms with Gasteiger partial charge >= 0.3 is 0 Å². The molecule has 0 spiro atoms. The number of nitrogens with one attached hydrogen (secondary N) is 1. The molecule has 0 fully saturated rings. The summed E-state index contributed by atoms with van der Waals surface area (Å²) in [4.78, 5) is 28.2. The summed E-state index contributed by atoms with van der Waals surface area (Å²) >= 11 is 1.53. The van der Waals surface area contributed by atoms with Crippen LogP contribution >= 0.6 is 11.8 Å². The van der Waals surface area contributed by atoms with Crippen LogP contribution in [0.2, 0.25) is 0 Å². The summed E-state index contributed by atoms with van der Waals surface area (Å²) in [6.45, 7) is 5.68. The molecule has 3 aromatic carbocycles. The Morgan fingerprint density at radius 3 is 2.42 bits per heavy atom. The third kappa shape index (κ3) is 5.09. The first-order chi connectivity index (χ1) is 18.3. The molecule has 0 bridgehead atoms. The third-order valence-electron chi connectivity index (χ3n) is 6.43. The number of hydrogen-bond donors (Lipinski definition) is 1. The zero-order chi connectivity index (χ0) is 26.8. The lowest BCUT2D eigenvalue weighted by molar-refractivity contribution is -0.123. The van der Waals surface area contributed by atoms with Gasteiger partial charge in [-0.25, -0.2) is 9.07 Å². The Labute approximate surface area is 225 Å². The lowest BCUT2D eigenvalue weighted by atomic mass is 9.97. The van der Waals surface area contributed by atoms with Crippen LogP contribution in [-0.4, -0.2) is 39.9 Å². The summed E-state index contributed by atoms with van der Waals surface area (Å²) in [7, 11) is 0. The minimum Gasteiger partial charge on any atom is -0.352 e. The van der Waals surface area contributed by atoms with Gasteiger partial charge in [0.15, 0.2) is 0 Å². The van der Waals surface area contributed by atoms with Gasteiger partial charge in [0.05, 0.1) is 22.4 Å². The van der Waals surface area contributed by atoms with E-state index in [1.165, 1.54) is 28.8 Å².